The van der Waals surface area contributed by atoms with Crippen LogP contribution in [0.15, 0.2) is 35.7 Å². The summed E-state index contributed by atoms with van der Waals surface area (Å²) in [6.07, 6.45) is 7.52. The highest BCUT2D eigenvalue weighted by atomic mass is 32.1. The first-order valence-corrected chi connectivity index (χ1v) is 11.6. The Morgan fingerprint density at radius 2 is 1.91 bits per heavy atom. The third kappa shape index (κ3) is 6.46. The molecule has 0 atom stereocenters. The van der Waals surface area contributed by atoms with Crippen molar-refractivity contribution in [3.8, 4) is 0 Å². The first kappa shape index (κ1) is 23.6. The monoisotopic (exact) mass is 458 g/mol. The number of nitrogens with one attached hydrogen (secondary N) is 1. The van der Waals surface area contributed by atoms with Crippen LogP contribution in [0.25, 0.3) is 6.08 Å². The molecule has 1 aromatic heterocycles. The highest BCUT2D eigenvalue weighted by molar-refractivity contribution is 7.14. The van der Waals surface area contributed by atoms with Crippen LogP contribution < -0.4 is 10.2 Å². The summed E-state index contributed by atoms with van der Waals surface area (Å²) in [5.74, 6) is -1.16. The van der Waals surface area contributed by atoms with Crippen LogP contribution >= 0.6 is 11.3 Å². The number of hydrogen-bond donors (Lipinski definition) is 1. The van der Waals surface area contributed by atoms with Crippen LogP contribution in [0.2, 0.25) is 0 Å². The number of carbonyl (C=O) groups excluding carboxylic acids is 3. The maximum Gasteiger partial charge on any atom is 0.244 e. The Morgan fingerprint density at radius 3 is 2.59 bits per heavy atom. The van der Waals surface area contributed by atoms with Gasteiger partial charge in [0.15, 0.2) is 5.13 Å². The van der Waals surface area contributed by atoms with Crippen molar-refractivity contribution in [2.45, 2.75) is 39.0 Å². The molecule has 9 heteroatoms. The van der Waals surface area contributed by atoms with Gasteiger partial charge in [-0.15, -0.1) is 11.3 Å². The van der Waals surface area contributed by atoms with Gasteiger partial charge in [-0.2, -0.15) is 0 Å². The van der Waals surface area contributed by atoms with Crippen LogP contribution in [0.3, 0.4) is 0 Å². The van der Waals surface area contributed by atoms with E-state index in [1.54, 1.807) is 17.5 Å². The summed E-state index contributed by atoms with van der Waals surface area (Å²) < 4.78 is 14.1. The van der Waals surface area contributed by atoms with E-state index in [-0.39, 0.29) is 36.4 Å². The number of rotatable bonds is 7. The van der Waals surface area contributed by atoms with Crippen molar-refractivity contribution < 1.29 is 18.8 Å². The van der Waals surface area contributed by atoms with E-state index in [1.807, 2.05) is 4.90 Å². The van der Waals surface area contributed by atoms with Crippen molar-refractivity contribution in [3.63, 3.8) is 0 Å². The lowest BCUT2D eigenvalue weighted by atomic mass is 10.2. The highest BCUT2D eigenvalue weighted by Gasteiger charge is 2.20. The van der Waals surface area contributed by atoms with Crippen molar-refractivity contribution in [2.24, 2.45) is 0 Å². The van der Waals surface area contributed by atoms with Crippen LogP contribution in [0.4, 0.5) is 15.2 Å². The van der Waals surface area contributed by atoms with Gasteiger partial charge >= 0.3 is 0 Å². The standard InChI is InChI=1S/C23H27FN4O3S/c1-17(29)28(20-9-5-4-8-19(20)24)23-26-18(16-32-23)10-11-21(30)25-13-12-22(31)27-14-6-2-3-7-15-27/h4-5,8-11,16H,2-3,6-7,12-15H2,1H3,(H,25,30)/b11-10+. The van der Waals surface area contributed by atoms with Crippen molar-refractivity contribution in [2.75, 3.05) is 24.5 Å². The van der Waals surface area contributed by atoms with E-state index in [1.165, 1.54) is 47.4 Å². The molecule has 0 spiro atoms. The summed E-state index contributed by atoms with van der Waals surface area (Å²) >= 11 is 1.17. The summed E-state index contributed by atoms with van der Waals surface area (Å²) in [6.45, 7) is 3.20. The fraction of sp³-hybridized carbons (Fsp3) is 0.391. The van der Waals surface area contributed by atoms with Crippen LogP contribution in [0.5, 0.6) is 0 Å². The summed E-state index contributed by atoms with van der Waals surface area (Å²) in [4.78, 5) is 43.8. The normalized spacial score (nSPS) is 14.2. The van der Waals surface area contributed by atoms with Crippen molar-refractivity contribution >= 4 is 46.0 Å². The Bertz CT molecular complexity index is 983. The predicted octanol–water partition coefficient (Wildman–Crippen LogP) is 3.89. The zero-order valence-corrected chi connectivity index (χ0v) is 18.9. The molecule has 7 nitrogen and oxygen atoms in total. The number of halogens is 1. The molecule has 0 aliphatic carbocycles. The average molecular weight is 459 g/mol. The lowest BCUT2D eigenvalue weighted by Crippen LogP contribution is -2.34. The fourth-order valence-corrected chi connectivity index (χ4v) is 4.33. The number of hydrogen-bond acceptors (Lipinski definition) is 5. The number of likely N-dealkylation sites (tertiary alicyclic amines) is 1. The first-order chi connectivity index (χ1) is 15.5. The Balaban J connectivity index is 1.53. The molecule has 1 aromatic carbocycles. The SMILES string of the molecule is CC(=O)N(c1nc(/C=C/C(=O)NCCC(=O)N2CCCCCC2)cs1)c1ccccc1F. The zero-order chi connectivity index (χ0) is 22.9. The number of thiazole rings is 1. The van der Waals surface area contributed by atoms with Gasteiger partial charge in [0, 0.05) is 44.4 Å². The summed E-state index contributed by atoms with van der Waals surface area (Å²) in [6, 6.07) is 5.98. The maximum absolute atomic E-state index is 14.1. The highest BCUT2D eigenvalue weighted by Crippen LogP contribution is 2.30. The van der Waals surface area contributed by atoms with Gasteiger partial charge in [0.05, 0.1) is 11.4 Å². The topological polar surface area (TPSA) is 82.6 Å². The molecule has 2 aromatic rings. The molecule has 3 rings (SSSR count). The van der Waals surface area contributed by atoms with Crippen LogP contribution in [-0.2, 0) is 14.4 Å². The third-order valence-electron chi connectivity index (χ3n) is 5.11. The van der Waals surface area contributed by atoms with Crippen molar-refractivity contribution in [1.82, 2.24) is 15.2 Å². The lowest BCUT2D eigenvalue weighted by Gasteiger charge is -2.20. The second-order valence-corrected chi connectivity index (χ2v) is 8.37. The lowest BCUT2D eigenvalue weighted by molar-refractivity contribution is -0.131. The van der Waals surface area contributed by atoms with E-state index >= 15 is 0 Å². The van der Waals surface area contributed by atoms with Gasteiger partial charge in [-0.1, -0.05) is 25.0 Å². The zero-order valence-electron chi connectivity index (χ0n) is 18.1. The number of aromatic nitrogens is 1. The molecule has 32 heavy (non-hydrogen) atoms. The number of para-hydroxylation sites is 1. The average Bonchev–Trinajstić information content (AvgIpc) is 3.05. The van der Waals surface area contributed by atoms with Gasteiger partial charge in [0.1, 0.15) is 5.82 Å². The molecular weight excluding hydrogens is 431 g/mol. The second kappa shape index (κ2) is 11.5. The fourth-order valence-electron chi connectivity index (χ4n) is 3.49. The molecule has 1 aliphatic rings. The molecule has 0 unspecified atom stereocenters. The number of nitrogens with zero attached hydrogens (tertiary/aromatic N) is 3. The smallest absolute Gasteiger partial charge is 0.244 e. The molecule has 1 N–H and O–H groups in total. The summed E-state index contributed by atoms with van der Waals surface area (Å²) in [5, 5.41) is 4.70. The van der Waals surface area contributed by atoms with Gasteiger partial charge < -0.3 is 10.2 Å². The quantitative estimate of drug-likeness (QED) is 0.638. The Hall–Kier alpha value is -3.07. The molecule has 170 valence electrons. The molecule has 0 saturated carbocycles. The summed E-state index contributed by atoms with van der Waals surface area (Å²) in [7, 11) is 0. The number of carbonyl (C=O) groups is 3. The molecule has 1 saturated heterocycles. The minimum absolute atomic E-state index is 0.0674. The van der Waals surface area contributed by atoms with E-state index in [0.717, 1.165) is 38.8 Å². The third-order valence-corrected chi connectivity index (χ3v) is 5.96. The number of anilines is 2. The van der Waals surface area contributed by atoms with E-state index in [4.69, 9.17) is 0 Å². The maximum atomic E-state index is 14.1. The van der Waals surface area contributed by atoms with Crippen LogP contribution in [-0.4, -0.2) is 47.2 Å². The largest absolute Gasteiger partial charge is 0.352 e. The minimum Gasteiger partial charge on any atom is -0.352 e. The van der Waals surface area contributed by atoms with Crippen molar-refractivity contribution in [1.29, 1.82) is 0 Å². The Kier molecular flexibility index (Phi) is 8.49. The van der Waals surface area contributed by atoms with E-state index in [2.05, 4.69) is 10.3 Å². The van der Waals surface area contributed by atoms with Gasteiger partial charge in [-0.05, 0) is 31.1 Å². The van der Waals surface area contributed by atoms with E-state index < -0.39 is 5.82 Å². The van der Waals surface area contributed by atoms with Crippen LogP contribution in [0, 0.1) is 5.82 Å². The van der Waals surface area contributed by atoms with E-state index in [0.29, 0.717) is 10.8 Å². The number of benzene rings is 1. The van der Waals surface area contributed by atoms with E-state index in [9.17, 15) is 18.8 Å². The first-order valence-electron chi connectivity index (χ1n) is 10.7. The molecule has 0 radical (unpaired) electrons. The second-order valence-electron chi connectivity index (χ2n) is 7.53. The van der Waals surface area contributed by atoms with Gasteiger partial charge in [0.25, 0.3) is 0 Å². The molecule has 2 heterocycles. The minimum atomic E-state index is -0.524. The van der Waals surface area contributed by atoms with Gasteiger partial charge in [0.2, 0.25) is 17.7 Å². The molecule has 0 bridgehead atoms. The van der Waals surface area contributed by atoms with Crippen LogP contribution in [0.1, 0.15) is 44.7 Å². The van der Waals surface area contributed by atoms with Crippen molar-refractivity contribution in [3.05, 3.63) is 47.2 Å². The Morgan fingerprint density at radius 1 is 1.19 bits per heavy atom. The molecular formula is C23H27FN4O3S. The molecule has 1 aliphatic heterocycles. The van der Waals surface area contributed by atoms with Gasteiger partial charge in [-0.3, -0.25) is 19.3 Å². The molecule has 3 amide bonds. The van der Waals surface area contributed by atoms with Gasteiger partial charge in [-0.25, -0.2) is 9.37 Å². The molecule has 1 fully saturated rings. The summed E-state index contributed by atoms with van der Waals surface area (Å²) in [5.41, 5.74) is 0.597. The Labute approximate surface area is 190 Å². The number of amides is 3. The predicted molar refractivity (Wildman–Crippen MR) is 123 cm³/mol.